The highest BCUT2D eigenvalue weighted by Gasteiger charge is 2.39. The second-order valence-electron chi connectivity index (χ2n) is 12.2. The fourth-order valence-corrected chi connectivity index (χ4v) is 6.52. The van der Waals surface area contributed by atoms with Crippen molar-refractivity contribution in [1.29, 1.82) is 0 Å². The molecule has 1 fully saturated rings. The van der Waals surface area contributed by atoms with Crippen molar-refractivity contribution in [2.45, 2.75) is 102 Å². The summed E-state index contributed by atoms with van der Waals surface area (Å²) in [5, 5.41) is 17.3. The first kappa shape index (κ1) is 42.7. The molecule has 1 aromatic carbocycles. The van der Waals surface area contributed by atoms with Crippen LogP contribution in [0.1, 0.15) is 94.5 Å². The Morgan fingerprint density at radius 2 is 1.70 bits per heavy atom. The number of carbonyl (C=O) groups excluding carboxylic acids is 5. The number of hydrogen-bond acceptors (Lipinski definition) is 11. The Bertz CT molecular complexity index is 1390. The van der Waals surface area contributed by atoms with Gasteiger partial charge in [0.15, 0.2) is 0 Å². The largest absolute Gasteiger partial charge is 0.524 e. The van der Waals surface area contributed by atoms with Gasteiger partial charge in [-0.3, -0.25) is 38.7 Å². The normalized spacial score (nSPS) is 15.2. The highest BCUT2D eigenvalue weighted by Crippen LogP contribution is 2.39. The van der Waals surface area contributed by atoms with Gasteiger partial charge in [0.2, 0.25) is 17.7 Å². The number of amides is 4. The Labute approximate surface area is 296 Å². The molecular formula is C32H49N4O12PS. The molecule has 2 rings (SSSR count). The third-order valence-electron chi connectivity index (χ3n) is 7.48. The van der Waals surface area contributed by atoms with Gasteiger partial charge in [-0.1, -0.05) is 39.2 Å². The Morgan fingerprint density at radius 3 is 2.36 bits per heavy atom. The van der Waals surface area contributed by atoms with Crippen molar-refractivity contribution in [3.63, 3.8) is 0 Å². The zero-order valence-electron chi connectivity index (χ0n) is 28.7. The van der Waals surface area contributed by atoms with E-state index in [4.69, 9.17) is 4.74 Å². The number of benzene rings is 1. The number of esters is 1. The number of phosphoric ester groups is 1. The molecule has 1 aliphatic heterocycles. The molecule has 280 valence electrons. The van der Waals surface area contributed by atoms with Crippen molar-refractivity contribution in [3.8, 4) is 5.75 Å². The zero-order chi connectivity index (χ0) is 37.3. The first-order valence-electron chi connectivity index (χ1n) is 16.6. The van der Waals surface area contributed by atoms with Crippen molar-refractivity contribution in [2.24, 2.45) is 0 Å². The molecule has 18 heteroatoms. The van der Waals surface area contributed by atoms with E-state index in [-0.39, 0.29) is 67.3 Å². The Morgan fingerprint density at radius 1 is 1.02 bits per heavy atom. The number of carbonyl (C=O) groups is 6. The second kappa shape index (κ2) is 21.7. The number of carboxylic acids is 1. The molecule has 1 aromatic rings. The molecule has 0 spiro atoms. The van der Waals surface area contributed by atoms with Crippen LogP contribution < -0.4 is 20.5 Å². The van der Waals surface area contributed by atoms with Crippen LogP contribution in [-0.2, 0) is 39.9 Å². The van der Waals surface area contributed by atoms with E-state index < -0.39 is 37.0 Å². The van der Waals surface area contributed by atoms with E-state index in [1.165, 1.54) is 30.0 Å². The quantitative estimate of drug-likeness (QED) is 0.0386. The molecular weight excluding hydrogens is 695 g/mol. The van der Waals surface area contributed by atoms with Crippen molar-refractivity contribution in [3.05, 3.63) is 29.3 Å². The van der Waals surface area contributed by atoms with Crippen LogP contribution in [0.3, 0.4) is 0 Å². The lowest BCUT2D eigenvalue weighted by molar-refractivity contribution is -0.142. The monoisotopic (exact) mass is 744 g/mol. The molecule has 16 nitrogen and oxygen atoms in total. The number of nitrogens with one attached hydrogen (secondary N) is 3. The average molecular weight is 745 g/mol. The van der Waals surface area contributed by atoms with Gasteiger partial charge in [0.05, 0.1) is 10.8 Å². The first-order chi connectivity index (χ1) is 23.6. The summed E-state index contributed by atoms with van der Waals surface area (Å²) in [6.07, 6.45) is 4.91. The van der Waals surface area contributed by atoms with Gasteiger partial charge in [0.1, 0.15) is 18.4 Å². The van der Waals surface area contributed by atoms with Gasteiger partial charge in [-0.15, -0.1) is 11.8 Å². The maximum Gasteiger partial charge on any atom is 0.524 e. The van der Waals surface area contributed by atoms with Crippen LogP contribution in [0.5, 0.6) is 5.75 Å². The summed E-state index contributed by atoms with van der Waals surface area (Å²) >= 11 is 1.05. The molecule has 2 atom stereocenters. The smallest absolute Gasteiger partial charge is 0.480 e. The maximum atomic E-state index is 12.9. The molecule has 4 amide bonds. The number of ether oxygens (including phenoxy) is 1. The lowest BCUT2D eigenvalue weighted by Gasteiger charge is -2.17. The van der Waals surface area contributed by atoms with Crippen LogP contribution in [0, 0.1) is 0 Å². The standard InChI is InChI=1S/C32H49N4O12PS/c1-21(2)33-14-9-6-7-11-28(38)35-25(32(42)43)20-50-27-18-29(39)36(31(27)41)16-10-5-4-8-15-34-30(40)24-13-12-23(19-47-22(3)37)17-26(24)48-49(44,45)46/h12-13,17,21,25,27,33H,4-11,14-16,18-20H2,1-3H3,(H,34,40)(H,35,38)(H,42,43)(H2,44,45,46). The van der Waals surface area contributed by atoms with Crippen molar-refractivity contribution in [2.75, 3.05) is 25.4 Å². The molecule has 0 bridgehead atoms. The Kier molecular flexibility index (Phi) is 18.5. The number of likely N-dealkylation sites (tertiary alicyclic amines) is 1. The number of aliphatic carboxylic acids is 1. The number of unbranched alkanes of at least 4 members (excludes halogenated alkanes) is 5. The average Bonchev–Trinajstić information content (AvgIpc) is 3.29. The zero-order valence-corrected chi connectivity index (χ0v) is 30.4. The fourth-order valence-electron chi connectivity index (χ4n) is 4.93. The van der Waals surface area contributed by atoms with Gasteiger partial charge in [0.25, 0.3) is 5.91 Å². The highest BCUT2D eigenvalue weighted by atomic mass is 32.2. The molecule has 6 N–H and O–H groups in total. The number of hydrogen-bond donors (Lipinski definition) is 6. The molecule has 2 unspecified atom stereocenters. The number of nitrogens with zero attached hydrogens (tertiary/aromatic N) is 1. The first-order valence-corrected chi connectivity index (χ1v) is 19.2. The molecule has 0 aromatic heterocycles. The van der Waals surface area contributed by atoms with Gasteiger partial charge in [-0.2, -0.15) is 0 Å². The van der Waals surface area contributed by atoms with Gasteiger partial charge in [0, 0.05) is 44.6 Å². The SMILES string of the molecule is CC(=O)OCc1ccc(C(=O)NCCCCCCN2C(=O)CC(SCC(NC(=O)CCCCCNC(C)C)C(=O)O)C2=O)c(OP(=O)(O)O)c1. The third kappa shape index (κ3) is 16.5. The minimum absolute atomic E-state index is 0.0430. The van der Waals surface area contributed by atoms with E-state index in [2.05, 4.69) is 34.3 Å². The molecule has 1 aliphatic rings. The molecule has 0 aliphatic carbocycles. The summed E-state index contributed by atoms with van der Waals surface area (Å²) in [5.74, 6) is -3.89. The minimum atomic E-state index is -4.99. The van der Waals surface area contributed by atoms with Crippen LogP contribution in [0.15, 0.2) is 18.2 Å². The lowest BCUT2D eigenvalue weighted by Crippen LogP contribution is -2.43. The third-order valence-corrected chi connectivity index (χ3v) is 9.21. The summed E-state index contributed by atoms with van der Waals surface area (Å²) in [5.41, 5.74) is 0.247. The number of imide groups is 1. The predicted molar refractivity (Wildman–Crippen MR) is 184 cm³/mol. The summed E-state index contributed by atoms with van der Waals surface area (Å²) in [6, 6.07) is 3.20. The number of rotatable bonds is 24. The topological polar surface area (TPSA) is 238 Å². The highest BCUT2D eigenvalue weighted by molar-refractivity contribution is 8.00. The maximum absolute atomic E-state index is 12.9. The van der Waals surface area contributed by atoms with Crippen LogP contribution in [0.25, 0.3) is 0 Å². The van der Waals surface area contributed by atoms with E-state index in [1.54, 1.807) is 0 Å². The van der Waals surface area contributed by atoms with Crippen LogP contribution >= 0.6 is 19.6 Å². The van der Waals surface area contributed by atoms with Crippen LogP contribution in [0.4, 0.5) is 0 Å². The minimum Gasteiger partial charge on any atom is -0.480 e. The summed E-state index contributed by atoms with van der Waals surface area (Å²) in [7, 11) is -4.99. The van der Waals surface area contributed by atoms with Gasteiger partial charge >= 0.3 is 19.8 Å². The van der Waals surface area contributed by atoms with Crippen LogP contribution in [-0.4, -0.2) is 98.1 Å². The lowest BCUT2D eigenvalue weighted by atomic mass is 10.1. The summed E-state index contributed by atoms with van der Waals surface area (Å²) in [6.45, 7) is 6.43. The van der Waals surface area contributed by atoms with Gasteiger partial charge in [-0.25, -0.2) is 9.36 Å². The second-order valence-corrected chi connectivity index (χ2v) is 14.5. The van der Waals surface area contributed by atoms with Gasteiger partial charge in [-0.05, 0) is 49.9 Å². The van der Waals surface area contributed by atoms with E-state index in [9.17, 15) is 48.2 Å². The van der Waals surface area contributed by atoms with E-state index >= 15 is 0 Å². The Hall–Kier alpha value is -3.50. The fraction of sp³-hybridized carbons (Fsp3) is 0.625. The van der Waals surface area contributed by atoms with E-state index in [0.717, 1.165) is 31.1 Å². The predicted octanol–water partition coefficient (Wildman–Crippen LogP) is 2.50. The number of carboxylic acid groups (broad SMARTS) is 1. The van der Waals surface area contributed by atoms with E-state index in [0.29, 0.717) is 43.7 Å². The van der Waals surface area contributed by atoms with Crippen molar-refractivity contribution in [1.82, 2.24) is 20.9 Å². The molecule has 0 saturated carbocycles. The van der Waals surface area contributed by atoms with Crippen molar-refractivity contribution < 1.29 is 57.5 Å². The van der Waals surface area contributed by atoms with E-state index in [1.807, 2.05) is 0 Å². The van der Waals surface area contributed by atoms with Crippen LogP contribution in [0.2, 0.25) is 0 Å². The number of thioether (sulfide) groups is 1. The summed E-state index contributed by atoms with van der Waals surface area (Å²) in [4.78, 5) is 92.9. The molecule has 1 heterocycles. The van der Waals surface area contributed by atoms with Crippen molar-refractivity contribution >= 4 is 55.2 Å². The summed E-state index contributed by atoms with van der Waals surface area (Å²) < 4.78 is 21.0. The molecule has 1 saturated heterocycles. The number of phosphoric acid groups is 1. The molecule has 0 radical (unpaired) electrons. The molecule has 50 heavy (non-hydrogen) atoms. The van der Waals surface area contributed by atoms with Gasteiger partial charge < -0.3 is 30.3 Å². The Balaban J connectivity index is 1.72.